The maximum Gasteiger partial charge on any atom is 0.262 e. The Kier molecular flexibility index (Phi) is 4.56. The third-order valence-electron chi connectivity index (χ3n) is 2.76. The van der Waals surface area contributed by atoms with Gasteiger partial charge in [0.25, 0.3) is 5.91 Å². The molecule has 0 saturated carbocycles. The molecule has 8 heteroatoms. The van der Waals surface area contributed by atoms with Gasteiger partial charge in [-0.15, -0.1) is 11.3 Å². The van der Waals surface area contributed by atoms with Crippen LogP contribution in [0.3, 0.4) is 0 Å². The van der Waals surface area contributed by atoms with Gasteiger partial charge in [0, 0.05) is 19.6 Å². The fourth-order valence-electron chi connectivity index (χ4n) is 1.83. The van der Waals surface area contributed by atoms with Crippen molar-refractivity contribution in [2.45, 2.75) is 11.8 Å². The van der Waals surface area contributed by atoms with Gasteiger partial charge in [-0.3, -0.25) is 4.79 Å². The Morgan fingerprint density at radius 2 is 2.16 bits per heavy atom. The van der Waals surface area contributed by atoms with E-state index in [-0.39, 0.29) is 15.7 Å². The van der Waals surface area contributed by atoms with Crippen LogP contribution in [0.5, 0.6) is 0 Å². The molecule has 0 aromatic carbocycles. The molecule has 1 fully saturated rings. The minimum absolute atomic E-state index is 0.0883. The lowest BCUT2D eigenvalue weighted by atomic mass is 10.4. The number of rotatable bonds is 4. The number of amides is 1. The monoisotopic (exact) mass is 304 g/mol. The number of carbonyl (C=O) groups excluding carboxylic acids is 1. The maximum absolute atomic E-state index is 12.5. The van der Waals surface area contributed by atoms with E-state index in [9.17, 15) is 13.2 Å². The number of thiophene rings is 1. The quantitative estimate of drug-likeness (QED) is 0.880. The molecule has 1 aromatic rings. The van der Waals surface area contributed by atoms with Gasteiger partial charge in [0.15, 0.2) is 0 Å². The van der Waals surface area contributed by atoms with Crippen molar-refractivity contribution >= 4 is 27.3 Å². The predicted octanol–water partition coefficient (Wildman–Crippen LogP) is 0.519. The van der Waals surface area contributed by atoms with Gasteiger partial charge in [-0.2, -0.15) is 4.31 Å². The number of morpholine rings is 1. The van der Waals surface area contributed by atoms with Crippen LogP contribution in [0.25, 0.3) is 0 Å². The predicted molar refractivity (Wildman–Crippen MR) is 71.9 cm³/mol. The Morgan fingerprint density at radius 3 is 2.79 bits per heavy atom. The van der Waals surface area contributed by atoms with Crippen molar-refractivity contribution in [3.05, 3.63) is 16.3 Å². The summed E-state index contributed by atoms with van der Waals surface area (Å²) in [6.07, 6.45) is 0. The Bertz CT molecular complexity index is 547. The Labute approximate surface area is 116 Å². The Balaban J connectivity index is 2.30. The van der Waals surface area contributed by atoms with Crippen LogP contribution in [-0.4, -0.2) is 51.5 Å². The van der Waals surface area contributed by atoms with Crippen molar-refractivity contribution in [3.8, 4) is 0 Å². The van der Waals surface area contributed by atoms with Gasteiger partial charge in [0.1, 0.15) is 9.77 Å². The van der Waals surface area contributed by atoms with E-state index in [1.807, 2.05) is 0 Å². The third kappa shape index (κ3) is 2.97. The molecule has 0 spiro atoms. The van der Waals surface area contributed by atoms with Gasteiger partial charge in [-0.05, 0) is 18.4 Å². The van der Waals surface area contributed by atoms with E-state index in [0.717, 1.165) is 11.3 Å². The van der Waals surface area contributed by atoms with Crippen LogP contribution in [-0.2, 0) is 14.8 Å². The van der Waals surface area contributed by atoms with Crippen molar-refractivity contribution in [2.75, 3.05) is 32.8 Å². The van der Waals surface area contributed by atoms with E-state index < -0.39 is 10.0 Å². The summed E-state index contributed by atoms with van der Waals surface area (Å²) in [6, 6.07) is 1.49. The lowest BCUT2D eigenvalue weighted by Crippen LogP contribution is -2.41. The first-order valence-corrected chi connectivity index (χ1v) is 8.33. The molecular weight excluding hydrogens is 288 g/mol. The molecule has 2 heterocycles. The van der Waals surface area contributed by atoms with Gasteiger partial charge in [0.05, 0.1) is 13.2 Å². The maximum atomic E-state index is 12.5. The van der Waals surface area contributed by atoms with Crippen molar-refractivity contribution < 1.29 is 17.9 Å². The first kappa shape index (κ1) is 14.4. The molecule has 6 nitrogen and oxygen atoms in total. The normalized spacial score (nSPS) is 17.3. The molecule has 0 atom stereocenters. The van der Waals surface area contributed by atoms with Crippen molar-refractivity contribution in [3.63, 3.8) is 0 Å². The molecule has 0 unspecified atom stereocenters. The number of nitrogens with one attached hydrogen (secondary N) is 1. The number of nitrogens with zero attached hydrogens (tertiary/aromatic N) is 1. The molecule has 2 rings (SSSR count). The summed E-state index contributed by atoms with van der Waals surface area (Å²) in [4.78, 5) is 12.2. The van der Waals surface area contributed by atoms with Gasteiger partial charge >= 0.3 is 0 Å². The highest BCUT2D eigenvalue weighted by molar-refractivity contribution is 7.89. The topological polar surface area (TPSA) is 75.7 Å². The number of hydrogen-bond acceptors (Lipinski definition) is 5. The van der Waals surface area contributed by atoms with Crippen LogP contribution >= 0.6 is 11.3 Å². The molecule has 0 radical (unpaired) electrons. The fourth-order valence-corrected chi connectivity index (χ4v) is 4.56. The molecule has 1 aliphatic heterocycles. The Morgan fingerprint density at radius 1 is 1.47 bits per heavy atom. The highest BCUT2D eigenvalue weighted by atomic mass is 32.2. The molecule has 1 aromatic heterocycles. The van der Waals surface area contributed by atoms with E-state index in [4.69, 9.17) is 4.74 Å². The van der Waals surface area contributed by atoms with E-state index in [1.54, 1.807) is 12.3 Å². The van der Waals surface area contributed by atoms with E-state index in [1.165, 1.54) is 10.4 Å². The summed E-state index contributed by atoms with van der Waals surface area (Å²) in [5, 5.41) is 4.25. The summed E-state index contributed by atoms with van der Waals surface area (Å²) in [7, 11) is -3.61. The number of carbonyl (C=O) groups is 1. The first-order chi connectivity index (χ1) is 9.07. The van der Waals surface area contributed by atoms with E-state index >= 15 is 0 Å². The first-order valence-electron chi connectivity index (χ1n) is 6.01. The second-order valence-corrected chi connectivity index (χ2v) is 6.81. The molecule has 1 saturated heterocycles. The third-order valence-corrected chi connectivity index (χ3v) is 5.74. The largest absolute Gasteiger partial charge is 0.379 e. The zero-order valence-electron chi connectivity index (χ0n) is 10.6. The molecule has 19 heavy (non-hydrogen) atoms. The minimum atomic E-state index is -3.61. The van der Waals surface area contributed by atoms with Crippen LogP contribution in [0.1, 0.15) is 16.6 Å². The minimum Gasteiger partial charge on any atom is -0.379 e. The summed E-state index contributed by atoms with van der Waals surface area (Å²) < 4.78 is 31.5. The van der Waals surface area contributed by atoms with E-state index in [2.05, 4.69) is 5.32 Å². The molecule has 1 N–H and O–H groups in total. The van der Waals surface area contributed by atoms with Crippen LogP contribution in [0.2, 0.25) is 0 Å². The lowest BCUT2D eigenvalue weighted by Gasteiger charge is -2.26. The highest BCUT2D eigenvalue weighted by Crippen LogP contribution is 2.25. The van der Waals surface area contributed by atoms with Crippen LogP contribution in [0, 0.1) is 0 Å². The highest BCUT2D eigenvalue weighted by Gasteiger charge is 2.30. The number of ether oxygens (including phenoxy) is 1. The summed E-state index contributed by atoms with van der Waals surface area (Å²) >= 11 is 1.14. The van der Waals surface area contributed by atoms with Crippen LogP contribution in [0.15, 0.2) is 16.3 Å². The van der Waals surface area contributed by atoms with Crippen molar-refractivity contribution in [2.24, 2.45) is 0 Å². The smallest absolute Gasteiger partial charge is 0.262 e. The fraction of sp³-hybridized carbons (Fsp3) is 0.545. The molecular formula is C11H16N2O4S2. The van der Waals surface area contributed by atoms with Crippen molar-refractivity contribution in [1.82, 2.24) is 9.62 Å². The average molecular weight is 304 g/mol. The van der Waals surface area contributed by atoms with Gasteiger partial charge in [-0.1, -0.05) is 0 Å². The molecule has 0 aliphatic carbocycles. The van der Waals surface area contributed by atoms with Crippen LogP contribution < -0.4 is 5.32 Å². The zero-order chi connectivity index (χ0) is 13.9. The zero-order valence-corrected chi connectivity index (χ0v) is 12.2. The lowest BCUT2D eigenvalue weighted by molar-refractivity contribution is 0.0730. The van der Waals surface area contributed by atoms with Crippen LogP contribution in [0.4, 0.5) is 0 Å². The second kappa shape index (κ2) is 6.00. The average Bonchev–Trinajstić information content (AvgIpc) is 2.90. The molecule has 106 valence electrons. The van der Waals surface area contributed by atoms with Gasteiger partial charge in [0.2, 0.25) is 10.0 Å². The van der Waals surface area contributed by atoms with Crippen molar-refractivity contribution in [1.29, 1.82) is 0 Å². The summed E-state index contributed by atoms with van der Waals surface area (Å²) in [5.74, 6) is -0.343. The Hall–Kier alpha value is -0.960. The summed E-state index contributed by atoms with van der Waals surface area (Å²) in [5.41, 5.74) is 0. The number of hydrogen-bond donors (Lipinski definition) is 1. The molecule has 1 amide bonds. The SMILES string of the molecule is CCNC(=O)c1sccc1S(=O)(=O)N1CCOCC1. The van der Waals surface area contributed by atoms with Gasteiger partial charge in [-0.25, -0.2) is 8.42 Å². The summed E-state index contributed by atoms with van der Waals surface area (Å²) in [6.45, 7) is 3.69. The number of sulfonamides is 1. The standard InChI is InChI=1S/C11H16N2O4S2/c1-2-12-11(14)10-9(3-8-18-10)19(15,16)13-4-6-17-7-5-13/h3,8H,2,4-7H2,1H3,(H,12,14). The van der Waals surface area contributed by atoms with E-state index in [0.29, 0.717) is 32.8 Å². The van der Waals surface area contributed by atoms with Gasteiger partial charge < -0.3 is 10.1 Å². The molecule has 1 aliphatic rings. The second-order valence-electron chi connectivity index (χ2n) is 3.99. The molecule has 0 bridgehead atoms.